The summed E-state index contributed by atoms with van der Waals surface area (Å²) in [5.41, 5.74) is 1.69. The van der Waals surface area contributed by atoms with E-state index in [4.69, 9.17) is 0 Å². The van der Waals surface area contributed by atoms with Crippen molar-refractivity contribution in [3.8, 4) is 11.1 Å². The predicted molar refractivity (Wildman–Crippen MR) is 70.0 cm³/mol. The van der Waals surface area contributed by atoms with E-state index in [0.717, 1.165) is 12.1 Å². The van der Waals surface area contributed by atoms with Crippen LogP contribution in [0.2, 0.25) is 0 Å². The van der Waals surface area contributed by atoms with Crippen molar-refractivity contribution in [2.45, 2.75) is 6.18 Å². The van der Waals surface area contributed by atoms with Crippen molar-refractivity contribution in [1.29, 1.82) is 0 Å². The van der Waals surface area contributed by atoms with Crippen molar-refractivity contribution in [2.75, 3.05) is 0 Å². The molecule has 0 fully saturated rings. The van der Waals surface area contributed by atoms with Crippen molar-refractivity contribution in [1.82, 2.24) is 9.97 Å². The Kier molecular flexibility index (Phi) is 2.89. The van der Waals surface area contributed by atoms with Crippen molar-refractivity contribution in [2.24, 2.45) is 0 Å². The number of fused-ring (bicyclic) bond motifs is 1. The molecule has 0 aliphatic rings. The van der Waals surface area contributed by atoms with Crippen molar-refractivity contribution in [3.05, 3.63) is 60.4 Å². The Balaban J connectivity index is 2.21. The van der Waals surface area contributed by atoms with E-state index in [0.29, 0.717) is 22.2 Å². The average Bonchev–Trinajstić information content (AvgIpc) is 2.46. The number of pyridine rings is 2. The van der Waals surface area contributed by atoms with Gasteiger partial charge in [-0.25, -0.2) is 0 Å². The summed E-state index contributed by atoms with van der Waals surface area (Å²) in [5, 5.41) is 0. The topological polar surface area (TPSA) is 25.8 Å². The highest BCUT2D eigenvalue weighted by atomic mass is 19.4. The molecular weight excluding hydrogens is 265 g/mol. The Morgan fingerprint density at radius 3 is 2.50 bits per heavy atom. The van der Waals surface area contributed by atoms with Crippen LogP contribution in [0.4, 0.5) is 13.2 Å². The van der Waals surface area contributed by atoms with Gasteiger partial charge in [0, 0.05) is 18.0 Å². The second-order valence-electron chi connectivity index (χ2n) is 4.31. The van der Waals surface area contributed by atoms with E-state index in [-0.39, 0.29) is 0 Å². The highest BCUT2D eigenvalue weighted by Crippen LogP contribution is 2.33. The lowest BCUT2D eigenvalue weighted by Gasteiger charge is -2.10. The third-order valence-corrected chi connectivity index (χ3v) is 3.00. The lowest BCUT2D eigenvalue weighted by molar-refractivity contribution is -0.137. The number of alkyl halides is 3. The summed E-state index contributed by atoms with van der Waals surface area (Å²) in [5.74, 6) is 0. The quantitative estimate of drug-likeness (QED) is 0.660. The third kappa shape index (κ3) is 2.22. The van der Waals surface area contributed by atoms with Gasteiger partial charge in [-0.2, -0.15) is 13.2 Å². The molecule has 0 aliphatic carbocycles. The zero-order chi connectivity index (χ0) is 14.2. The molecule has 3 aromatic rings. The van der Waals surface area contributed by atoms with Crippen LogP contribution in [0.25, 0.3) is 22.2 Å². The van der Waals surface area contributed by atoms with E-state index >= 15 is 0 Å². The molecule has 5 heteroatoms. The van der Waals surface area contributed by atoms with Crippen molar-refractivity contribution in [3.63, 3.8) is 0 Å². The number of aromatic nitrogens is 2. The van der Waals surface area contributed by atoms with Crippen LogP contribution in [0, 0.1) is 0 Å². The lowest BCUT2D eigenvalue weighted by atomic mass is 10.0. The summed E-state index contributed by atoms with van der Waals surface area (Å²) in [6.45, 7) is 0. The minimum Gasteiger partial charge on any atom is -0.255 e. The average molecular weight is 274 g/mol. The summed E-state index contributed by atoms with van der Waals surface area (Å²) in [4.78, 5) is 8.36. The lowest BCUT2D eigenvalue weighted by Crippen LogP contribution is -2.04. The predicted octanol–water partition coefficient (Wildman–Crippen LogP) is 4.32. The molecule has 20 heavy (non-hydrogen) atoms. The summed E-state index contributed by atoms with van der Waals surface area (Å²) in [6, 6.07) is 10.4. The van der Waals surface area contributed by atoms with Crippen LogP contribution in [0.3, 0.4) is 0 Å². The Labute approximate surface area is 112 Å². The Morgan fingerprint density at radius 2 is 1.70 bits per heavy atom. The molecule has 0 bridgehead atoms. The maximum absolute atomic E-state index is 12.8. The fraction of sp³-hybridized carbons (Fsp3) is 0.0667. The van der Waals surface area contributed by atoms with Gasteiger partial charge in [0.1, 0.15) is 0 Å². The molecule has 0 unspecified atom stereocenters. The molecule has 100 valence electrons. The van der Waals surface area contributed by atoms with Gasteiger partial charge >= 0.3 is 6.18 Å². The first-order chi connectivity index (χ1) is 9.55. The first kappa shape index (κ1) is 12.6. The van der Waals surface area contributed by atoms with Gasteiger partial charge in [0.2, 0.25) is 0 Å². The van der Waals surface area contributed by atoms with E-state index < -0.39 is 11.7 Å². The molecule has 2 heterocycles. The second kappa shape index (κ2) is 4.59. The van der Waals surface area contributed by atoms with Crippen LogP contribution < -0.4 is 0 Å². The molecule has 3 rings (SSSR count). The third-order valence-electron chi connectivity index (χ3n) is 3.00. The SMILES string of the molecule is FC(F)(F)c1cccc(-c2ccnc3cccnc23)c1. The van der Waals surface area contributed by atoms with Gasteiger partial charge in [0.05, 0.1) is 16.6 Å². The molecule has 0 N–H and O–H groups in total. The Bertz CT molecular complexity index is 761. The summed E-state index contributed by atoms with van der Waals surface area (Å²) < 4.78 is 38.3. The number of hydrogen-bond donors (Lipinski definition) is 0. The zero-order valence-electron chi connectivity index (χ0n) is 10.2. The summed E-state index contributed by atoms with van der Waals surface area (Å²) >= 11 is 0. The fourth-order valence-corrected chi connectivity index (χ4v) is 2.08. The monoisotopic (exact) mass is 274 g/mol. The Morgan fingerprint density at radius 1 is 0.850 bits per heavy atom. The van der Waals surface area contributed by atoms with Gasteiger partial charge in [-0.15, -0.1) is 0 Å². The number of nitrogens with zero attached hydrogens (tertiary/aromatic N) is 2. The molecule has 0 radical (unpaired) electrons. The molecule has 0 saturated carbocycles. The minimum absolute atomic E-state index is 0.478. The number of halogens is 3. The Hall–Kier alpha value is -2.43. The van der Waals surface area contributed by atoms with Crippen LogP contribution in [0.15, 0.2) is 54.9 Å². The normalized spacial score (nSPS) is 11.8. The van der Waals surface area contributed by atoms with E-state index in [1.165, 1.54) is 6.07 Å². The molecule has 2 nitrogen and oxygen atoms in total. The molecule has 0 aliphatic heterocycles. The van der Waals surface area contributed by atoms with Crippen LogP contribution in [0.5, 0.6) is 0 Å². The van der Waals surface area contributed by atoms with Crippen LogP contribution in [-0.4, -0.2) is 9.97 Å². The molecule has 0 spiro atoms. The van der Waals surface area contributed by atoms with Crippen LogP contribution >= 0.6 is 0 Å². The number of benzene rings is 1. The van der Waals surface area contributed by atoms with Crippen LogP contribution in [-0.2, 0) is 6.18 Å². The standard InChI is InChI=1S/C15H9F3N2/c16-15(17,18)11-4-1-3-10(9-11)12-6-8-19-13-5-2-7-20-14(12)13/h1-9H. The molecule has 1 aromatic carbocycles. The molecule has 0 saturated heterocycles. The first-order valence-corrected chi connectivity index (χ1v) is 5.93. The van der Waals surface area contributed by atoms with E-state index in [1.54, 1.807) is 36.7 Å². The second-order valence-corrected chi connectivity index (χ2v) is 4.31. The first-order valence-electron chi connectivity index (χ1n) is 5.93. The van der Waals surface area contributed by atoms with Gasteiger partial charge < -0.3 is 0 Å². The van der Waals surface area contributed by atoms with Crippen LogP contribution in [0.1, 0.15) is 5.56 Å². The van der Waals surface area contributed by atoms with Gasteiger partial charge in [-0.05, 0) is 35.9 Å². The highest BCUT2D eigenvalue weighted by molar-refractivity contribution is 5.90. The zero-order valence-corrected chi connectivity index (χ0v) is 10.2. The van der Waals surface area contributed by atoms with E-state index in [1.807, 2.05) is 0 Å². The largest absolute Gasteiger partial charge is 0.416 e. The molecule has 0 atom stereocenters. The highest BCUT2D eigenvalue weighted by Gasteiger charge is 2.30. The number of rotatable bonds is 1. The van der Waals surface area contributed by atoms with E-state index in [2.05, 4.69) is 9.97 Å². The van der Waals surface area contributed by atoms with Gasteiger partial charge in [-0.1, -0.05) is 12.1 Å². The molecule has 2 aromatic heterocycles. The van der Waals surface area contributed by atoms with Crippen molar-refractivity contribution < 1.29 is 13.2 Å². The smallest absolute Gasteiger partial charge is 0.255 e. The van der Waals surface area contributed by atoms with Gasteiger partial charge in [-0.3, -0.25) is 9.97 Å². The fourth-order valence-electron chi connectivity index (χ4n) is 2.08. The summed E-state index contributed by atoms with van der Waals surface area (Å²) in [6.07, 6.45) is -1.19. The number of hydrogen-bond acceptors (Lipinski definition) is 2. The minimum atomic E-state index is -4.35. The van der Waals surface area contributed by atoms with Gasteiger partial charge in [0.25, 0.3) is 0 Å². The summed E-state index contributed by atoms with van der Waals surface area (Å²) in [7, 11) is 0. The van der Waals surface area contributed by atoms with Gasteiger partial charge in [0.15, 0.2) is 0 Å². The maximum atomic E-state index is 12.8. The van der Waals surface area contributed by atoms with E-state index in [9.17, 15) is 13.2 Å². The maximum Gasteiger partial charge on any atom is 0.416 e. The molecular formula is C15H9F3N2. The van der Waals surface area contributed by atoms with Crippen molar-refractivity contribution >= 4 is 11.0 Å². The molecule has 0 amide bonds.